The molecule has 1 aromatic rings. The van der Waals surface area contributed by atoms with Crippen LogP contribution in [-0.4, -0.2) is 28.6 Å². The van der Waals surface area contributed by atoms with Gasteiger partial charge in [0.1, 0.15) is 10.7 Å². The Morgan fingerprint density at radius 3 is 2.63 bits per heavy atom. The minimum atomic E-state index is -4.08. The summed E-state index contributed by atoms with van der Waals surface area (Å²) in [6.07, 6.45) is 1.22. The molecule has 0 fully saturated rings. The summed E-state index contributed by atoms with van der Waals surface area (Å²) in [5, 5.41) is 0.940. The summed E-state index contributed by atoms with van der Waals surface area (Å²) < 4.78 is 61.5. The zero-order valence-electron chi connectivity index (χ0n) is 9.58. The Morgan fingerprint density at radius 2 is 2.05 bits per heavy atom. The van der Waals surface area contributed by atoms with Crippen LogP contribution in [0, 0.1) is 5.82 Å². The van der Waals surface area contributed by atoms with Crippen LogP contribution in [0.4, 0.5) is 10.1 Å². The normalized spacial score (nSPS) is 21.6. The zero-order chi connectivity index (χ0) is 14.3. The van der Waals surface area contributed by atoms with Crippen molar-refractivity contribution >= 4 is 25.5 Å². The van der Waals surface area contributed by atoms with Gasteiger partial charge in [-0.1, -0.05) is 6.08 Å². The number of halogens is 1. The Morgan fingerprint density at radius 1 is 1.37 bits per heavy atom. The van der Waals surface area contributed by atoms with Crippen molar-refractivity contribution < 1.29 is 21.2 Å². The summed E-state index contributed by atoms with van der Waals surface area (Å²) in [5.41, 5.74) is 5.37. The first-order valence-electron chi connectivity index (χ1n) is 5.18. The minimum Gasteiger partial charge on any atom is -0.398 e. The van der Waals surface area contributed by atoms with Crippen LogP contribution in [0.5, 0.6) is 0 Å². The second-order valence-electron chi connectivity index (χ2n) is 4.07. The molecule has 1 aliphatic rings. The molecule has 0 amide bonds. The average Bonchev–Trinajstić information content (AvgIpc) is 2.60. The van der Waals surface area contributed by atoms with Gasteiger partial charge in [-0.05, 0) is 18.2 Å². The van der Waals surface area contributed by atoms with Gasteiger partial charge in [-0.25, -0.2) is 25.9 Å². The first-order chi connectivity index (χ1) is 8.70. The highest BCUT2D eigenvalue weighted by atomic mass is 32.2. The fourth-order valence-electron chi connectivity index (χ4n) is 1.65. The quantitative estimate of drug-likeness (QED) is 0.764. The van der Waals surface area contributed by atoms with E-state index in [0.29, 0.717) is 0 Å². The number of hydrogen-bond donors (Lipinski definition) is 2. The van der Waals surface area contributed by atoms with E-state index in [1.807, 2.05) is 0 Å². The van der Waals surface area contributed by atoms with Crippen molar-refractivity contribution in [3.63, 3.8) is 0 Å². The van der Waals surface area contributed by atoms with Gasteiger partial charge in [0.15, 0.2) is 9.84 Å². The third-order valence-corrected chi connectivity index (χ3v) is 5.44. The lowest BCUT2D eigenvalue weighted by molar-refractivity contribution is 0.572. The topological polar surface area (TPSA) is 106 Å². The van der Waals surface area contributed by atoms with Crippen molar-refractivity contribution in [2.45, 2.75) is 10.9 Å². The lowest BCUT2D eigenvalue weighted by Crippen LogP contribution is -2.35. The van der Waals surface area contributed by atoms with Crippen LogP contribution >= 0.6 is 0 Å². The highest BCUT2D eigenvalue weighted by molar-refractivity contribution is 7.94. The van der Waals surface area contributed by atoms with Gasteiger partial charge in [0.2, 0.25) is 10.0 Å². The average molecular weight is 306 g/mol. The number of benzene rings is 1. The van der Waals surface area contributed by atoms with Gasteiger partial charge in [-0.3, -0.25) is 0 Å². The molecule has 6 nitrogen and oxygen atoms in total. The van der Waals surface area contributed by atoms with E-state index in [2.05, 4.69) is 4.72 Å². The number of rotatable bonds is 3. The van der Waals surface area contributed by atoms with E-state index in [1.165, 1.54) is 6.08 Å². The number of nitrogen functional groups attached to an aromatic ring is 1. The molecule has 3 N–H and O–H groups in total. The van der Waals surface area contributed by atoms with Gasteiger partial charge in [0.25, 0.3) is 0 Å². The van der Waals surface area contributed by atoms with Gasteiger partial charge >= 0.3 is 0 Å². The number of nitrogens with one attached hydrogen (secondary N) is 1. The van der Waals surface area contributed by atoms with Crippen LogP contribution in [-0.2, 0) is 19.9 Å². The summed E-state index contributed by atoms with van der Waals surface area (Å²) in [7, 11) is -7.46. The van der Waals surface area contributed by atoms with Crippen molar-refractivity contribution in [2.75, 3.05) is 11.5 Å². The lowest BCUT2D eigenvalue weighted by atomic mass is 10.3. The second-order valence-corrected chi connectivity index (χ2v) is 7.68. The first kappa shape index (κ1) is 14.0. The summed E-state index contributed by atoms with van der Waals surface area (Å²) in [6, 6.07) is 2.07. The molecule has 0 aliphatic carbocycles. The summed E-state index contributed by atoms with van der Waals surface area (Å²) >= 11 is 0. The fraction of sp³-hybridized carbons (Fsp3) is 0.200. The Labute approximate surface area is 110 Å². The van der Waals surface area contributed by atoms with Crippen LogP contribution in [0.2, 0.25) is 0 Å². The predicted molar refractivity (Wildman–Crippen MR) is 67.8 cm³/mol. The molecule has 0 radical (unpaired) electrons. The Bertz CT molecular complexity index is 741. The summed E-state index contributed by atoms with van der Waals surface area (Å²) in [5.74, 6) is -1.11. The smallest absolute Gasteiger partial charge is 0.243 e. The first-order valence-corrected chi connectivity index (χ1v) is 8.38. The van der Waals surface area contributed by atoms with Crippen LogP contribution < -0.4 is 10.5 Å². The van der Waals surface area contributed by atoms with Crippen molar-refractivity contribution in [3.8, 4) is 0 Å². The molecule has 0 spiro atoms. The van der Waals surface area contributed by atoms with E-state index in [0.717, 1.165) is 23.6 Å². The molecule has 9 heteroatoms. The van der Waals surface area contributed by atoms with E-state index in [1.54, 1.807) is 0 Å². The second kappa shape index (κ2) is 4.58. The third kappa shape index (κ3) is 3.11. The minimum absolute atomic E-state index is 0.112. The maximum atomic E-state index is 13.1. The molecule has 19 heavy (non-hydrogen) atoms. The standard InChI is InChI=1S/C10H11FN2O4S2/c11-7-1-2-9(12)10(5-7)19(16,17)13-8-3-4-18(14,15)6-8/h1-5,8,13H,6,12H2. The Hall–Kier alpha value is -1.45. The highest BCUT2D eigenvalue weighted by Gasteiger charge is 2.27. The fourth-order valence-corrected chi connectivity index (χ4v) is 4.33. The van der Waals surface area contributed by atoms with Crippen LogP contribution in [0.3, 0.4) is 0 Å². The molecule has 1 atom stereocenters. The van der Waals surface area contributed by atoms with Gasteiger partial charge < -0.3 is 5.73 Å². The Balaban J connectivity index is 2.29. The molecule has 104 valence electrons. The number of nitrogens with two attached hydrogens (primary N) is 1. The van der Waals surface area contributed by atoms with E-state index in [4.69, 9.17) is 5.73 Å². The van der Waals surface area contributed by atoms with Crippen molar-refractivity contribution in [2.24, 2.45) is 0 Å². The maximum Gasteiger partial charge on any atom is 0.243 e. The predicted octanol–water partition coefficient (Wildman–Crippen LogP) is -0.00310. The SMILES string of the molecule is Nc1ccc(F)cc1S(=O)(=O)NC1C=CS(=O)(=O)C1. The van der Waals surface area contributed by atoms with Gasteiger partial charge in [0.05, 0.1) is 17.5 Å². The number of hydrogen-bond acceptors (Lipinski definition) is 5. The van der Waals surface area contributed by atoms with Gasteiger partial charge in [-0.2, -0.15) is 0 Å². The Kier molecular flexibility index (Phi) is 3.37. The van der Waals surface area contributed by atoms with E-state index in [9.17, 15) is 21.2 Å². The molecule has 1 aromatic carbocycles. The van der Waals surface area contributed by atoms with Crippen molar-refractivity contribution in [3.05, 3.63) is 35.5 Å². The molecule has 1 aliphatic heterocycles. The molecule has 0 saturated carbocycles. The summed E-state index contributed by atoms with van der Waals surface area (Å²) in [4.78, 5) is -0.412. The van der Waals surface area contributed by atoms with Crippen LogP contribution in [0.15, 0.2) is 34.6 Å². The number of sulfonamides is 1. The zero-order valence-corrected chi connectivity index (χ0v) is 11.2. The van der Waals surface area contributed by atoms with E-state index < -0.39 is 36.6 Å². The van der Waals surface area contributed by atoms with Crippen molar-refractivity contribution in [1.29, 1.82) is 0 Å². The highest BCUT2D eigenvalue weighted by Crippen LogP contribution is 2.20. The molecule has 0 bridgehead atoms. The number of anilines is 1. The molecule has 2 rings (SSSR count). The maximum absolute atomic E-state index is 13.1. The molecular weight excluding hydrogens is 295 g/mol. The van der Waals surface area contributed by atoms with Crippen LogP contribution in [0.1, 0.15) is 0 Å². The monoisotopic (exact) mass is 306 g/mol. The molecule has 1 unspecified atom stereocenters. The van der Waals surface area contributed by atoms with Crippen molar-refractivity contribution in [1.82, 2.24) is 4.72 Å². The van der Waals surface area contributed by atoms with Gasteiger partial charge in [-0.15, -0.1) is 0 Å². The molecule has 1 heterocycles. The lowest BCUT2D eigenvalue weighted by Gasteiger charge is -2.12. The molecular formula is C10H11FN2O4S2. The number of sulfone groups is 1. The van der Waals surface area contributed by atoms with Gasteiger partial charge in [0, 0.05) is 5.41 Å². The third-order valence-electron chi connectivity index (χ3n) is 2.50. The summed E-state index contributed by atoms with van der Waals surface area (Å²) in [6.45, 7) is 0. The van der Waals surface area contributed by atoms with E-state index in [-0.39, 0.29) is 11.4 Å². The largest absolute Gasteiger partial charge is 0.398 e. The van der Waals surface area contributed by atoms with E-state index >= 15 is 0 Å². The molecule has 0 saturated heterocycles. The van der Waals surface area contributed by atoms with Crippen LogP contribution in [0.25, 0.3) is 0 Å². The molecule has 0 aromatic heterocycles.